The van der Waals surface area contributed by atoms with Gasteiger partial charge in [0.15, 0.2) is 0 Å². The molecule has 4 heteroatoms. The number of alkyl halides is 3. The van der Waals surface area contributed by atoms with Crippen LogP contribution in [-0.2, 0) is 12.8 Å². The van der Waals surface area contributed by atoms with E-state index in [1.807, 2.05) is 12.1 Å². The number of halogens is 3. The van der Waals surface area contributed by atoms with Crippen molar-refractivity contribution >= 4 is 0 Å². The van der Waals surface area contributed by atoms with Crippen molar-refractivity contribution in [2.24, 2.45) is 5.92 Å². The van der Waals surface area contributed by atoms with Crippen molar-refractivity contribution in [1.29, 1.82) is 0 Å². The van der Waals surface area contributed by atoms with Gasteiger partial charge in [-0.2, -0.15) is 13.2 Å². The average molecular weight is 446 g/mol. The lowest BCUT2D eigenvalue weighted by molar-refractivity contribution is -0.187. The summed E-state index contributed by atoms with van der Waals surface area (Å²) in [5, 5.41) is 0. The molecule has 0 aromatic heterocycles. The highest BCUT2D eigenvalue weighted by Crippen LogP contribution is 2.46. The minimum absolute atomic E-state index is 0.268. The summed E-state index contributed by atoms with van der Waals surface area (Å²) >= 11 is 0. The van der Waals surface area contributed by atoms with Gasteiger partial charge in [-0.1, -0.05) is 74.4 Å². The molecule has 3 rings (SSSR count). The molecular weight excluding hydrogens is 407 g/mol. The fourth-order valence-corrected chi connectivity index (χ4v) is 5.17. The molecular formula is C28H38F3N. The normalized spacial score (nSPS) is 20.4. The number of aryl methyl sites for hydroxylation is 1. The third kappa shape index (κ3) is 7.10. The molecule has 32 heavy (non-hydrogen) atoms. The molecule has 0 bridgehead atoms. The molecule has 0 N–H and O–H groups in total. The Balaban J connectivity index is 1.54. The Hall–Kier alpha value is -1.81. The zero-order valence-corrected chi connectivity index (χ0v) is 19.6. The van der Waals surface area contributed by atoms with E-state index in [-0.39, 0.29) is 12.3 Å². The van der Waals surface area contributed by atoms with Gasteiger partial charge in [0.05, 0.1) is 5.92 Å². The first-order valence-electron chi connectivity index (χ1n) is 12.3. The number of benzene rings is 2. The van der Waals surface area contributed by atoms with Gasteiger partial charge in [0.1, 0.15) is 0 Å². The second-order valence-corrected chi connectivity index (χ2v) is 9.44. The fraction of sp³-hybridized carbons (Fsp3) is 0.571. The Bertz CT molecular complexity index is 785. The molecule has 0 saturated heterocycles. The quantitative estimate of drug-likeness (QED) is 0.361. The van der Waals surface area contributed by atoms with Crippen LogP contribution >= 0.6 is 0 Å². The topological polar surface area (TPSA) is 3.24 Å². The maximum Gasteiger partial charge on any atom is 0.392 e. The molecule has 3 atom stereocenters. The molecule has 2 aromatic rings. The standard InChI is InChI=1S/C28H38F3N/c1-3-20-32(21-19-23-9-5-4-6-10-23)22(2)13-14-24-15-17-25(18-16-24)26-11-7-8-12-27(26)28(29,30)31/h4-6,9-10,15-18,22,26-27H,3,7-8,11-14,19-21H2,1-2H3. The maximum atomic E-state index is 13.5. The number of hydrogen-bond acceptors (Lipinski definition) is 1. The number of hydrogen-bond donors (Lipinski definition) is 0. The number of nitrogens with zero attached hydrogens (tertiary/aromatic N) is 1. The number of rotatable bonds is 10. The third-order valence-electron chi connectivity index (χ3n) is 7.11. The van der Waals surface area contributed by atoms with Gasteiger partial charge in [-0.25, -0.2) is 0 Å². The summed E-state index contributed by atoms with van der Waals surface area (Å²) in [5.41, 5.74) is 3.45. The molecule has 0 spiro atoms. The summed E-state index contributed by atoms with van der Waals surface area (Å²) in [7, 11) is 0. The lowest BCUT2D eigenvalue weighted by atomic mass is 9.75. The Labute approximate surface area is 192 Å². The SMILES string of the molecule is CCCN(CCc1ccccc1)C(C)CCc1ccc(C2CCCCC2C(F)(F)F)cc1. The molecule has 3 unspecified atom stereocenters. The predicted octanol–water partition coefficient (Wildman–Crippen LogP) is 7.80. The lowest BCUT2D eigenvalue weighted by Crippen LogP contribution is -2.35. The molecule has 1 saturated carbocycles. The van der Waals surface area contributed by atoms with E-state index in [1.54, 1.807) is 0 Å². The van der Waals surface area contributed by atoms with Gasteiger partial charge in [0.2, 0.25) is 0 Å². The molecule has 1 fully saturated rings. The van der Waals surface area contributed by atoms with Crippen molar-refractivity contribution in [2.75, 3.05) is 13.1 Å². The van der Waals surface area contributed by atoms with Crippen molar-refractivity contribution in [1.82, 2.24) is 4.90 Å². The van der Waals surface area contributed by atoms with Crippen LogP contribution in [0, 0.1) is 5.92 Å². The molecule has 2 aromatic carbocycles. The molecule has 1 aliphatic carbocycles. The Kier molecular flexibility index (Phi) is 9.22. The highest BCUT2D eigenvalue weighted by Gasteiger charge is 2.45. The third-order valence-corrected chi connectivity index (χ3v) is 7.11. The Morgan fingerprint density at radius 1 is 0.875 bits per heavy atom. The van der Waals surface area contributed by atoms with Crippen LogP contribution in [0.25, 0.3) is 0 Å². The molecule has 1 aliphatic rings. The van der Waals surface area contributed by atoms with Gasteiger partial charge < -0.3 is 4.90 Å². The minimum Gasteiger partial charge on any atom is -0.300 e. The second-order valence-electron chi connectivity index (χ2n) is 9.44. The van der Waals surface area contributed by atoms with E-state index in [2.05, 4.69) is 61.2 Å². The zero-order valence-electron chi connectivity index (χ0n) is 19.6. The van der Waals surface area contributed by atoms with E-state index in [1.165, 1.54) is 11.1 Å². The molecule has 0 amide bonds. The van der Waals surface area contributed by atoms with Gasteiger partial charge >= 0.3 is 6.18 Å². The Morgan fingerprint density at radius 2 is 1.53 bits per heavy atom. The minimum atomic E-state index is -4.10. The van der Waals surface area contributed by atoms with Crippen molar-refractivity contribution in [3.05, 3.63) is 71.3 Å². The van der Waals surface area contributed by atoms with Crippen LogP contribution in [-0.4, -0.2) is 30.2 Å². The van der Waals surface area contributed by atoms with Crippen molar-refractivity contribution in [2.45, 2.75) is 83.4 Å². The van der Waals surface area contributed by atoms with Gasteiger partial charge in [-0.05, 0) is 74.6 Å². The van der Waals surface area contributed by atoms with Crippen molar-refractivity contribution < 1.29 is 13.2 Å². The summed E-state index contributed by atoms with van der Waals surface area (Å²) < 4.78 is 40.4. The summed E-state index contributed by atoms with van der Waals surface area (Å²) in [4.78, 5) is 2.57. The van der Waals surface area contributed by atoms with Crippen LogP contribution in [0.5, 0.6) is 0 Å². The van der Waals surface area contributed by atoms with Gasteiger partial charge in [0.25, 0.3) is 0 Å². The molecule has 1 nitrogen and oxygen atoms in total. The molecule has 0 radical (unpaired) electrons. The summed E-state index contributed by atoms with van der Waals surface area (Å²) in [5.74, 6) is -1.57. The zero-order chi connectivity index (χ0) is 23.0. The van der Waals surface area contributed by atoms with Crippen LogP contribution in [0.1, 0.15) is 75.0 Å². The highest BCUT2D eigenvalue weighted by molar-refractivity contribution is 5.27. The van der Waals surface area contributed by atoms with Gasteiger partial charge in [0, 0.05) is 12.6 Å². The van der Waals surface area contributed by atoms with E-state index >= 15 is 0 Å². The van der Waals surface area contributed by atoms with Crippen LogP contribution < -0.4 is 0 Å². The van der Waals surface area contributed by atoms with Crippen LogP contribution in [0.15, 0.2) is 54.6 Å². The van der Waals surface area contributed by atoms with Crippen molar-refractivity contribution in [3.8, 4) is 0 Å². The monoisotopic (exact) mass is 445 g/mol. The largest absolute Gasteiger partial charge is 0.392 e. The predicted molar refractivity (Wildman–Crippen MR) is 127 cm³/mol. The summed E-state index contributed by atoms with van der Waals surface area (Å²) in [6.07, 6.45) is 2.61. The van der Waals surface area contributed by atoms with Crippen LogP contribution in [0.2, 0.25) is 0 Å². The highest BCUT2D eigenvalue weighted by atomic mass is 19.4. The van der Waals surface area contributed by atoms with E-state index in [0.29, 0.717) is 18.9 Å². The smallest absolute Gasteiger partial charge is 0.300 e. The summed E-state index contributed by atoms with van der Waals surface area (Å²) in [6, 6.07) is 19.1. The van der Waals surface area contributed by atoms with E-state index in [9.17, 15) is 13.2 Å². The van der Waals surface area contributed by atoms with E-state index in [0.717, 1.165) is 50.8 Å². The van der Waals surface area contributed by atoms with Crippen LogP contribution in [0.3, 0.4) is 0 Å². The van der Waals surface area contributed by atoms with Crippen LogP contribution in [0.4, 0.5) is 13.2 Å². The molecule has 176 valence electrons. The average Bonchev–Trinajstić information content (AvgIpc) is 2.80. The van der Waals surface area contributed by atoms with Crippen molar-refractivity contribution in [3.63, 3.8) is 0 Å². The summed E-state index contributed by atoms with van der Waals surface area (Å²) in [6.45, 7) is 6.66. The first kappa shape index (κ1) is 24.8. The first-order chi connectivity index (χ1) is 15.4. The van der Waals surface area contributed by atoms with Gasteiger partial charge in [-0.3, -0.25) is 0 Å². The van der Waals surface area contributed by atoms with E-state index in [4.69, 9.17) is 0 Å². The maximum absolute atomic E-state index is 13.5. The fourth-order valence-electron chi connectivity index (χ4n) is 5.17. The van der Waals surface area contributed by atoms with E-state index < -0.39 is 12.1 Å². The molecule has 0 aliphatic heterocycles. The first-order valence-corrected chi connectivity index (χ1v) is 12.3. The Morgan fingerprint density at radius 3 is 2.19 bits per heavy atom. The molecule has 0 heterocycles. The lowest BCUT2D eigenvalue weighted by Gasteiger charge is -2.33. The van der Waals surface area contributed by atoms with Gasteiger partial charge in [-0.15, -0.1) is 0 Å². The second kappa shape index (κ2) is 11.9.